The van der Waals surface area contributed by atoms with Crippen LogP contribution in [0.1, 0.15) is 37.0 Å². The summed E-state index contributed by atoms with van der Waals surface area (Å²) in [5.41, 5.74) is 0.516. The van der Waals surface area contributed by atoms with Gasteiger partial charge in [0.2, 0.25) is 0 Å². The number of hydrogen-bond donors (Lipinski definition) is 0. The van der Waals surface area contributed by atoms with Gasteiger partial charge in [-0.2, -0.15) is 0 Å². The molecule has 0 spiro atoms. The molecule has 0 aliphatic heterocycles. The quantitative estimate of drug-likeness (QED) is 0.488. The molecule has 6 heteroatoms. The van der Waals surface area contributed by atoms with Gasteiger partial charge in [-0.15, -0.1) is 0 Å². The minimum atomic E-state index is -0.295. The van der Waals surface area contributed by atoms with Gasteiger partial charge < -0.3 is 14.4 Å². The molecule has 22 heavy (non-hydrogen) atoms. The summed E-state index contributed by atoms with van der Waals surface area (Å²) in [6.07, 6.45) is 4.06. The lowest BCUT2D eigenvalue weighted by atomic mass is 10.2. The zero-order chi connectivity index (χ0) is 16.2. The molecule has 1 rings (SSSR count). The van der Waals surface area contributed by atoms with Crippen molar-refractivity contribution in [1.29, 1.82) is 0 Å². The van der Waals surface area contributed by atoms with Crippen LogP contribution < -0.4 is 0 Å². The smallest absolute Gasteiger partial charge is 0.307 e. The summed E-state index contributed by atoms with van der Waals surface area (Å²) in [6.45, 7) is 6.15. The lowest BCUT2D eigenvalue weighted by molar-refractivity contribution is -0.143. The topological polar surface area (TPSA) is 68.7 Å². The maximum atomic E-state index is 12.5. The molecule has 1 aromatic rings. The normalized spacial score (nSPS) is 10.3. The van der Waals surface area contributed by atoms with Crippen LogP contribution in [-0.2, 0) is 14.3 Å². The van der Waals surface area contributed by atoms with E-state index in [0.29, 0.717) is 38.5 Å². The maximum absolute atomic E-state index is 12.5. The second-order valence-corrected chi connectivity index (χ2v) is 4.64. The summed E-state index contributed by atoms with van der Waals surface area (Å²) < 4.78 is 10.2. The van der Waals surface area contributed by atoms with Crippen LogP contribution in [0.3, 0.4) is 0 Å². The molecule has 0 saturated heterocycles. The fraction of sp³-hybridized carbons (Fsp3) is 0.562. The van der Waals surface area contributed by atoms with Crippen LogP contribution in [0.2, 0.25) is 0 Å². The number of amides is 1. The van der Waals surface area contributed by atoms with Crippen molar-refractivity contribution in [3.05, 3.63) is 30.1 Å². The van der Waals surface area contributed by atoms with Crippen molar-refractivity contribution < 1.29 is 19.1 Å². The Kier molecular flexibility index (Phi) is 8.83. The molecule has 0 unspecified atom stereocenters. The van der Waals surface area contributed by atoms with Gasteiger partial charge in [-0.3, -0.25) is 14.6 Å². The van der Waals surface area contributed by atoms with Crippen molar-refractivity contribution in [2.45, 2.75) is 26.7 Å². The number of carbonyl (C=O) groups excluding carboxylic acids is 2. The number of aromatic nitrogens is 1. The third-order valence-corrected chi connectivity index (χ3v) is 3.01. The first-order chi connectivity index (χ1) is 10.7. The van der Waals surface area contributed by atoms with E-state index < -0.39 is 0 Å². The first-order valence-electron chi connectivity index (χ1n) is 7.61. The van der Waals surface area contributed by atoms with E-state index in [1.54, 1.807) is 30.2 Å². The van der Waals surface area contributed by atoms with Gasteiger partial charge in [0, 0.05) is 38.7 Å². The maximum Gasteiger partial charge on any atom is 0.307 e. The van der Waals surface area contributed by atoms with Gasteiger partial charge in [0.25, 0.3) is 5.91 Å². The molecule has 0 aliphatic carbocycles. The summed E-state index contributed by atoms with van der Waals surface area (Å²) >= 11 is 0. The highest BCUT2D eigenvalue weighted by Gasteiger charge is 2.17. The molecule has 0 aliphatic rings. The second-order valence-electron chi connectivity index (χ2n) is 4.64. The molecule has 0 radical (unpaired) electrons. The first kappa shape index (κ1) is 18.1. The van der Waals surface area contributed by atoms with Crippen LogP contribution in [0, 0.1) is 0 Å². The monoisotopic (exact) mass is 308 g/mol. The summed E-state index contributed by atoms with van der Waals surface area (Å²) in [5, 5.41) is 0. The highest BCUT2D eigenvalue weighted by molar-refractivity contribution is 5.94. The fourth-order valence-corrected chi connectivity index (χ4v) is 1.95. The minimum absolute atomic E-state index is 0.131. The van der Waals surface area contributed by atoms with Crippen LogP contribution in [0.15, 0.2) is 24.5 Å². The van der Waals surface area contributed by atoms with Crippen LogP contribution in [-0.4, -0.2) is 54.7 Å². The van der Waals surface area contributed by atoms with E-state index in [4.69, 9.17) is 9.47 Å². The summed E-state index contributed by atoms with van der Waals surface area (Å²) in [6, 6.07) is 3.44. The Morgan fingerprint density at radius 2 is 2.05 bits per heavy atom. The average molecular weight is 308 g/mol. The van der Waals surface area contributed by atoms with E-state index in [2.05, 4.69) is 4.98 Å². The Morgan fingerprint density at radius 1 is 1.23 bits per heavy atom. The predicted octanol–water partition coefficient (Wildman–Crippen LogP) is 1.90. The third-order valence-electron chi connectivity index (χ3n) is 3.01. The van der Waals surface area contributed by atoms with E-state index in [-0.39, 0.29) is 18.3 Å². The molecule has 0 saturated carbocycles. The van der Waals surface area contributed by atoms with Gasteiger partial charge in [0.1, 0.15) is 0 Å². The van der Waals surface area contributed by atoms with E-state index in [9.17, 15) is 9.59 Å². The van der Waals surface area contributed by atoms with Crippen molar-refractivity contribution in [2.75, 3.05) is 32.9 Å². The number of carbonyl (C=O) groups is 2. The van der Waals surface area contributed by atoms with Gasteiger partial charge in [-0.25, -0.2) is 0 Å². The molecule has 1 amide bonds. The number of ether oxygens (including phenoxy) is 2. The fourth-order valence-electron chi connectivity index (χ4n) is 1.95. The van der Waals surface area contributed by atoms with Crippen molar-refractivity contribution in [3.63, 3.8) is 0 Å². The highest BCUT2D eigenvalue weighted by atomic mass is 16.5. The van der Waals surface area contributed by atoms with E-state index in [1.807, 2.05) is 6.92 Å². The van der Waals surface area contributed by atoms with Gasteiger partial charge in [-0.1, -0.05) is 0 Å². The van der Waals surface area contributed by atoms with E-state index >= 15 is 0 Å². The molecule has 0 fully saturated rings. The van der Waals surface area contributed by atoms with E-state index in [0.717, 1.165) is 6.42 Å². The Bertz CT molecular complexity index is 451. The molecular formula is C16H24N2O4. The third kappa shape index (κ3) is 6.67. The largest absolute Gasteiger partial charge is 0.466 e. The Hall–Kier alpha value is -1.95. The second kappa shape index (κ2) is 10.7. The molecule has 1 aromatic heterocycles. The van der Waals surface area contributed by atoms with Crippen molar-refractivity contribution in [1.82, 2.24) is 9.88 Å². The van der Waals surface area contributed by atoms with Gasteiger partial charge >= 0.3 is 5.97 Å². The Balaban J connectivity index is 2.60. The van der Waals surface area contributed by atoms with Crippen molar-refractivity contribution in [2.24, 2.45) is 0 Å². The predicted molar refractivity (Wildman–Crippen MR) is 82.5 cm³/mol. The van der Waals surface area contributed by atoms with Crippen LogP contribution in [0.5, 0.6) is 0 Å². The number of nitrogens with zero attached hydrogens (tertiary/aromatic N) is 2. The zero-order valence-corrected chi connectivity index (χ0v) is 13.3. The number of rotatable bonds is 10. The Labute approximate surface area is 131 Å². The summed E-state index contributed by atoms with van der Waals surface area (Å²) in [7, 11) is 0. The SMILES string of the molecule is CCOCCCN(CCC(=O)OCC)C(=O)c1cccnc1. The molecular weight excluding hydrogens is 284 g/mol. The molecule has 6 nitrogen and oxygen atoms in total. The number of hydrogen-bond acceptors (Lipinski definition) is 5. The summed E-state index contributed by atoms with van der Waals surface area (Å²) in [4.78, 5) is 29.6. The lowest BCUT2D eigenvalue weighted by Gasteiger charge is -2.22. The van der Waals surface area contributed by atoms with Crippen molar-refractivity contribution >= 4 is 11.9 Å². The van der Waals surface area contributed by atoms with Crippen LogP contribution >= 0.6 is 0 Å². The van der Waals surface area contributed by atoms with Gasteiger partial charge in [-0.05, 0) is 32.4 Å². The molecule has 0 bridgehead atoms. The van der Waals surface area contributed by atoms with Crippen molar-refractivity contribution in [3.8, 4) is 0 Å². The summed E-state index contributed by atoms with van der Waals surface area (Å²) in [5.74, 6) is -0.426. The molecule has 1 heterocycles. The average Bonchev–Trinajstić information content (AvgIpc) is 2.54. The van der Waals surface area contributed by atoms with Gasteiger partial charge in [0.05, 0.1) is 18.6 Å². The Morgan fingerprint density at radius 3 is 2.68 bits per heavy atom. The lowest BCUT2D eigenvalue weighted by Crippen LogP contribution is -2.34. The number of pyridine rings is 1. The number of esters is 1. The van der Waals surface area contributed by atoms with Crippen LogP contribution in [0.4, 0.5) is 0 Å². The highest BCUT2D eigenvalue weighted by Crippen LogP contribution is 2.06. The zero-order valence-electron chi connectivity index (χ0n) is 13.3. The van der Waals surface area contributed by atoms with Crippen LogP contribution in [0.25, 0.3) is 0 Å². The molecule has 0 aromatic carbocycles. The standard InChI is InChI=1S/C16H24N2O4/c1-3-21-12-6-10-18(11-8-15(19)22-4-2)16(20)14-7-5-9-17-13-14/h5,7,9,13H,3-4,6,8,10-12H2,1-2H3. The van der Waals surface area contributed by atoms with E-state index in [1.165, 1.54) is 6.20 Å². The molecule has 0 N–H and O–H groups in total. The molecule has 0 atom stereocenters. The first-order valence-corrected chi connectivity index (χ1v) is 7.61. The van der Waals surface area contributed by atoms with Gasteiger partial charge in [0.15, 0.2) is 0 Å². The molecule has 122 valence electrons. The minimum Gasteiger partial charge on any atom is -0.466 e.